The molecule has 0 aromatic heterocycles. The summed E-state index contributed by atoms with van der Waals surface area (Å²) in [4.78, 5) is 4.54. The van der Waals surface area contributed by atoms with Gasteiger partial charge in [-0.2, -0.15) is 0 Å². The molecule has 2 aromatic rings. The number of aryl methyl sites for hydroxylation is 1. The molecule has 2 aromatic carbocycles. The maximum atomic E-state index is 6.49. The van der Waals surface area contributed by atoms with Crippen molar-refractivity contribution in [1.29, 1.82) is 0 Å². The molecule has 0 fully saturated rings. The molecule has 6 heteroatoms. The molecule has 132 valence electrons. The Bertz CT molecular complexity index is 779. The first-order valence-electron chi connectivity index (χ1n) is 8.36. The molecule has 1 heterocycles. The SMILES string of the molecule is NCCOc1ccc(Br)cc1CCc1c(Cl)cccc1C1=NCCN1. The van der Waals surface area contributed by atoms with E-state index in [2.05, 4.69) is 38.4 Å². The number of nitrogens with one attached hydrogen (secondary N) is 1. The highest BCUT2D eigenvalue weighted by atomic mass is 79.9. The fourth-order valence-electron chi connectivity index (χ4n) is 2.93. The molecule has 1 aliphatic heterocycles. The van der Waals surface area contributed by atoms with Gasteiger partial charge in [0.15, 0.2) is 0 Å². The molecule has 0 saturated heterocycles. The van der Waals surface area contributed by atoms with Crippen molar-refractivity contribution in [1.82, 2.24) is 5.32 Å². The topological polar surface area (TPSA) is 59.6 Å². The Labute approximate surface area is 161 Å². The fourth-order valence-corrected chi connectivity index (χ4v) is 3.60. The molecule has 0 aliphatic carbocycles. The van der Waals surface area contributed by atoms with Gasteiger partial charge in [0.25, 0.3) is 0 Å². The highest BCUT2D eigenvalue weighted by Crippen LogP contribution is 2.28. The summed E-state index contributed by atoms with van der Waals surface area (Å²) in [6.07, 6.45) is 1.63. The molecular formula is C19H21BrClN3O. The molecular weight excluding hydrogens is 402 g/mol. The lowest BCUT2D eigenvalue weighted by Crippen LogP contribution is -2.21. The van der Waals surface area contributed by atoms with Crippen molar-refractivity contribution >= 4 is 33.4 Å². The molecule has 0 spiro atoms. The van der Waals surface area contributed by atoms with E-state index in [4.69, 9.17) is 22.1 Å². The van der Waals surface area contributed by atoms with Gasteiger partial charge in [-0.1, -0.05) is 39.7 Å². The monoisotopic (exact) mass is 421 g/mol. The van der Waals surface area contributed by atoms with E-state index >= 15 is 0 Å². The Hall–Kier alpha value is -1.56. The van der Waals surface area contributed by atoms with E-state index in [-0.39, 0.29) is 0 Å². The summed E-state index contributed by atoms with van der Waals surface area (Å²) in [6.45, 7) is 2.69. The Morgan fingerprint density at radius 1 is 1.24 bits per heavy atom. The average molecular weight is 423 g/mol. The average Bonchev–Trinajstić information content (AvgIpc) is 3.14. The van der Waals surface area contributed by atoms with E-state index in [0.717, 1.165) is 63.7 Å². The summed E-state index contributed by atoms with van der Waals surface area (Å²) in [5.41, 5.74) is 8.89. The molecule has 3 rings (SSSR count). The van der Waals surface area contributed by atoms with Crippen LogP contribution in [0.15, 0.2) is 45.9 Å². The Morgan fingerprint density at radius 2 is 2.12 bits per heavy atom. The lowest BCUT2D eigenvalue weighted by molar-refractivity contribution is 0.325. The maximum absolute atomic E-state index is 6.49. The van der Waals surface area contributed by atoms with Gasteiger partial charge in [0.05, 0.1) is 6.54 Å². The van der Waals surface area contributed by atoms with Crippen LogP contribution in [-0.2, 0) is 12.8 Å². The van der Waals surface area contributed by atoms with Gasteiger partial charge >= 0.3 is 0 Å². The summed E-state index contributed by atoms with van der Waals surface area (Å²) in [5.74, 6) is 1.81. The Kier molecular flexibility index (Phi) is 6.34. The standard InChI is InChI=1S/C19H21BrClN3O/c20-14-5-7-18(25-11-8-22)13(12-14)4-6-15-16(2-1-3-17(15)21)19-23-9-10-24-19/h1-3,5,7,12H,4,6,8-11,22H2,(H,23,24). The van der Waals surface area contributed by atoms with Gasteiger partial charge in [-0.3, -0.25) is 4.99 Å². The minimum absolute atomic E-state index is 0.496. The molecule has 1 aliphatic rings. The van der Waals surface area contributed by atoms with E-state index in [0.29, 0.717) is 13.2 Å². The fraction of sp³-hybridized carbons (Fsp3) is 0.316. The van der Waals surface area contributed by atoms with Crippen molar-refractivity contribution in [3.05, 3.63) is 62.6 Å². The van der Waals surface area contributed by atoms with Gasteiger partial charge in [0.2, 0.25) is 0 Å². The summed E-state index contributed by atoms with van der Waals surface area (Å²) in [6, 6.07) is 12.0. The molecule has 3 N–H and O–H groups in total. The van der Waals surface area contributed by atoms with E-state index in [9.17, 15) is 0 Å². The summed E-state index contributed by atoms with van der Waals surface area (Å²) in [5, 5.41) is 4.10. The zero-order chi connectivity index (χ0) is 17.6. The number of aliphatic imine (C=N–C) groups is 1. The van der Waals surface area contributed by atoms with Crippen LogP contribution in [0.3, 0.4) is 0 Å². The van der Waals surface area contributed by atoms with Crippen molar-refractivity contribution in [2.75, 3.05) is 26.2 Å². The zero-order valence-electron chi connectivity index (χ0n) is 13.9. The van der Waals surface area contributed by atoms with E-state index in [1.807, 2.05) is 24.3 Å². The highest BCUT2D eigenvalue weighted by Gasteiger charge is 2.16. The molecule has 0 bridgehead atoms. The third-order valence-electron chi connectivity index (χ3n) is 4.09. The molecule has 0 saturated carbocycles. The lowest BCUT2D eigenvalue weighted by atomic mass is 9.98. The van der Waals surface area contributed by atoms with Gasteiger partial charge in [-0.05, 0) is 48.2 Å². The normalized spacial score (nSPS) is 13.5. The number of benzene rings is 2. The van der Waals surface area contributed by atoms with Crippen LogP contribution in [0, 0.1) is 0 Å². The van der Waals surface area contributed by atoms with Crippen molar-refractivity contribution in [3.8, 4) is 5.75 Å². The molecule has 0 amide bonds. The van der Waals surface area contributed by atoms with Crippen molar-refractivity contribution in [3.63, 3.8) is 0 Å². The lowest BCUT2D eigenvalue weighted by Gasteiger charge is -2.14. The zero-order valence-corrected chi connectivity index (χ0v) is 16.2. The van der Waals surface area contributed by atoms with Crippen LogP contribution in [0.1, 0.15) is 16.7 Å². The third kappa shape index (κ3) is 4.54. The largest absolute Gasteiger partial charge is 0.492 e. The molecule has 0 radical (unpaired) electrons. The van der Waals surface area contributed by atoms with Crippen LogP contribution in [0.2, 0.25) is 5.02 Å². The second kappa shape index (κ2) is 8.70. The minimum Gasteiger partial charge on any atom is -0.492 e. The summed E-state index contributed by atoms with van der Waals surface area (Å²) in [7, 11) is 0. The third-order valence-corrected chi connectivity index (χ3v) is 4.94. The van der Waals surface area contributed by atoms with Gasteiger partial charge in [-0.25, -0.2) is 0 Å². The van der Waals surface area contributed by atoms with Crippen LogP contribution in [0.4, 0.5) is 0 Å². The Morgan fingerprint density at radius 3 is 2.88 bits per heavy atom. The van der Waals surface area contributed by atoms with Crippen LogP contribution >= 0.6 is 27.5 Å². The predicted molar refractivity (Wildman–Crippen MR) is 107 cm³/mol. The van der Waals surface area contributed by atoms with Gasteiger partial charge in [0.1, 0.15) is 18.2 Å². The number of rotatable bonds is 7. The summed E-state index contributed by atoms with van der Waals surface area (Å²) >= 11 is 10.0. The van der Waals surface area contributed by atoms with Crippen LogP contribution in [0.5, 0.6) is 5.75 Å². The molecule has 4 nitrogen and oxygen atoms in total. The van der Waals surface area contributed by atoms with Crippen LogP contribution in [0.25, 0.3) is 0 Å². The smallest absolute Gasteiger partial charge is 0.128 e. The van der Waals surface area contributed by atoms with Gasteiger partial charge < -0.3 is 15.8 Å². The second-order valence-electron chi connectivity index (χ2n) is 5.81. The highest BCUT2D eigenvalue weighted by molar-refractivity contribution is 9.10. The molecule has 0 unspecified atom stereocenters. The van der Waals surface area contributed by atoms with Gasteiger partial charge in [-0.15, -0.1) is 0 Å². The van der Waals surface area contributed by atoms with E-state index < -0.39 is 0 Å². The Balaban J connectivity index is 1.83. The second-order valence-corrected chi connectivity index (χ2v) is 7.14. The number of amidine groups is 1. The number of halogens is 2. The van der Waals surface area contributed by atoms with Crippen molar-refractivity contribution in [2.24, 2.45) is 10.7 Å². The first kappa shape index (κ1) is 18.2. The number of nitrogens with zero attached hydrogens (tertiary/aromatic N) is 1. The number of ether oxygens (including phenoxy) is 1. The van der Waals surface area contributed by atoms with Crippen molar-refractivity contribution < 1.29 is 4.74 Å². The number of nitrogens with two attached hydrogens (primary N) is 1. The molecule has 0 atom stereocenters. The van der Waals surface area contributed by atoms with E-state index in [1.165, 1.54) is 0 Å². The van der Waals surface area contributed by atoms with E-state index in [1.54, 1.807) is 0 Å². The first-order chi connectivity index (χ1) is 12.2. The van der Waals surface area contributed by atoms with Crippen LogP contribution in [-0.4, -0.2) is 32.1 Å². The van der Waals surface area contributed by atoms with Crippen molar-refractivity contribution in [2.45, 2.75) is 12.8 Å². The maximum Gasteiger partial charge on any atom is 0.128 e. The van der Waals surface area contributed by atoms with Crippen LogP contribution < -0.4 is 15.8 Å². The van der Waals surface area contributed by atoms with Gasteiger partial charge in [0, 0.05) is 28.1 Å². The first-order valence-corrected chi connectivity index (χ1v) is 9.53. The number of hydrogen-bond acceptors (Lipinski definition) is 4. The predicted octanol–water partition coefficient (Wildman–Crippen LogP) is 3.58. The molecule has 25 heavy (non-hydrogen) atoms. The number of hydrogen-bond donors (Lipinski definition) is 2. The quantitative estimate of drug-likeness (QED) is 0.717. The minimum atomic E-state index is 0.496. The summed E-state index contributed by atoms with van der Waals surface area (Å²) < 4.78 is 6.81.